The average Bonchev–Trinajstić information content (AvgIpc) is 3.30. The summed E-state index contributed by atoms with van der Waals surface area (Å²) in [6, 6.07) is 7.41. The number of aromatic amines is 1. The van der Waals surface area contributed by atoms with E-state index in [1.165, 1.54) is 0 Å². The van der Waals surface area contributed by atoms with Gasteiger partial charge in [-0.1, -0.05) is 6.92 Å². The van der Waals surface area contributed by atoms with Crippen LogP contribution in [-0.4, -0.2) is 43.6 Å². The van der Waals surface area contributed by atoms with Gasteiger partial charge < -0.3 is 9.88 Å². The molecule has 7 heteroatoms. The second-order valence-electron chi connectivity index (χ2n) is 7.34. The largest absolute Gasteiger partial charge is 0.342 e. The van der Waals surface area contributed by atoms with E-state index in [1.807, 2.05) is 41.8 Å². The molecule has 1 aliphatic rings. The van der Waals surface area contributed by atoms with Gasteiger partial charge in [0.25, 0.3) is 5.56 Å². The minimum absolute atomic E-state index is 0.122. The van der Waals surface area contributed by atoms with E-state index in [0.29, 0.717) is 30.5 Å². The van der Waals surface area contributed by atoms with Gasteiger partial charge in [0, 0.05) is 37.1 Å². The number of carbonyl (C=O) groups is 1. The topological polar surface area (TPSA) is 83.9 Å². The van der Waals surface area contributed by atoms with Crippen molar-refractivity contribution < 1.29 is 4.79 Å². The number of H-pyrrole nitrogens is 1. The standard InChI is InChI=1S/C20H23N5O2/c1-13(11-25-9-5-14(2)23-25)20(27)24-8-6-15(12-24)17-10-18-16(19(26)22-17)4-3-7-21-18/h3-5,7,9-10,13,15H,6,8,11-12H2,1-2H3,(H,22,26)/t13-,15+/m1/s1. The fourth-order valence-electron chi connectivity index (χ4n) is 3.78. The first kappa shape index (κ1) is 17.5. The Bertz CT molecular complexity index is 1040. The number of likely N-dealkylation sites (tertiary alicyclic amines) is 1. The number of hydrogen-bond donors (Lipinski definition) is 1. The summed E-state index contributed by atoms with van der Waals surface area (Å²) in [5, 5.41) is 4.95. The normalized spacial score (nSPS) is 18.1. The van der Waals surface area contributed by atoms with Crippen LogP contribution in [0.25, 0.3) is 10.9 Å². The van der Waals surface area contributed by atoms with Gasteiger partial charge in [-0.2, -0.15) is 5.10 Å². The Balaban J connectivity index is 1.46. The molecule has 1 N–H and O–H groups in total. The number of rotatable bonds is 4. The molecule has 2 atom stereocenters. The number of carbonyl (C=O) groups excluding carboxylic acids is 1. The molecule has 0 aromatic carbocycles. The van der Waals surface area contributed by atoms with E-state index in [9.17, 15) is 9.59 Å². The van der Waals surface area contributed by atoms with Gasteiger partial charge in [-0.15, -0.1) is 0 Å². The van der Waals surface area contributed by atoms with Gasteiger partial charge in [0.2, 0.25) is 5.91 Å². The van der Waals surface area contributed by atoms with E-state index in [2.05, 4.69) is 15.1 Å². The number of nitrogens with one attached hydrogen (secondary N) is 1. The van der Waals surface area contributed by atoms with Gasteiger partial charge >= 0.3 is 0 Å². The summed E-state index contributed by atoms with van der Waals surface area (Å²) in [6.45, 7) is 5.77. The third-order valence-corrected chi connectivity index (χ3v) is 5.23. The van der Waals surface area contributed by atoms with Crippen LogP contribution in [0, 0.1) is 12.8 Å². The third-order valence-electron chi connectivity index (χ3n) is 5.23. The molecule has 0 unspecified atom stereocenters. The molecule has 0 bridgehead atoms. The van der Waals surface area contributed by atoms with Crippen LogP contribution in [0.1, 0.15) is 30.7 Å². The molecule has 1 aliphatic heterocycles. The molecule has 1 amide bonds. The number of amides is 1. The van der Waals surface area contributed by atoms with Crippen LogP contribution in [0.2, 0.25) is 0 Å². The number of aryl methyl sites for hydroxylation is 1. The van der Waals surface area contributed by atoms with E-state index in [4.69, 9.17) is 0 Å². The van der Waals surface area contributed by atoms with E-state index >= 15 is 0 Å². The summed E-state index contributed by atoms with van der Waals surface area (Å²) in [5.41, 5.74) is 2.38. The van der Waals surface area contributed by atoms with Gasteiger partial charge in [-0.25, -0.2) is 0 Å². The van der Waals surface area contributed by atoms with Crippen LogP contribution in [0.15, 0.2) is 41.5 Å². The zero-order valence-corrected chi connectivity index (χ0v) is 15.6. The Morgan fingerprint density at radius 3 is 3.04 bits per heavy atom. The molecular formula is C20H23N5O2. The molecule has 3 aromatic rings. The Morgan fingerprint density at radius 1 is 1.41 bits per heavy atom. The lowest BCUT2D eigenvalue weighted by Gasteiger charge is -2.21. The highest BCUT2D eigenvalue weighted by atomic mass is 16.2. The number of fused-ring (bicyclic) bond motifs is 1. The van der Waals surface area contributed by atoms with Crippen molar-refractivity contribution >= 4 is 16.8 Å². The first-order valence-electron chi connectivity index (χ1n) is 9.28. The van der Waals surface area contributed by atoms with Crippen molar-refractivity contribution in [1.29, 1.82) is 0 Å². The first-order chi connectivity index (χ1) is 13.0. The number of pyridine rings is 2. The molecule has 3 aromatic heterocycles. The SMILES string of the molecule is Cc1ccn(C[C@@H](C)C(=O)N2CC[C@H](c3cc4ncccc4c(=O)[nH]3)C2)n1. The fourth-order valence-corrected chi connectivity index (χ4v) is 3.78. The smallest absolute Gasteiger partial charge is 0.257 e. The Labute approximate surface area is 157 Å². The Kier molecular flexibility index (Phi) is 4.51. The van der Waals surface area contributed by atoms with Gasteiger partial charge in [0.15, 0.2) is 0 Å². The Morgan fingerprint density at radius 2 is 2.26 bits per heavy atom. The molecule has 0 saturated carbocycles. The maximum Gasteiger partial charge on any atom is 0.257 e. The maximum absolute atomic E-state index is 12.8. The van der Waals surface area contributed by atoms with E-state index < -0.39 is 0 Å². The summed E-state index contributed by atoms with van der Waals surface area (Å²) in [7, 11) is 0. The second kappa shape index (κ2) is 6.98. The van der Waals surface area contributed by atoms with Crippen LogP contribution in [-0.2, 0) is 11.3 Å². The molecule has 1 saturated heterocycles. The molecule has 0 aliphatic carbocycles. The quantitative estimate of drug-likeness (QED) is 0.767. The van der Waals surface area contributed by atoms with Crippen molar-refractivity contribution in [2.75, 3.05) is 13.1 Å². The van der Waals surface area contributed by atoms with Crippen molar-refractivity contribution in [3.05, 3.63) is 58.4 Å². The molecule has 0 spiro atoms. The number of aromatic nitrogens is 4. The summed E-state index contributed by atoms with van der Waals surface area (Å²) >= 11 is 0. The van der Waals surface area contributed by atoms with Crippen molar-refractivity contribution in [2.24, 2.45) is 5.92 Å². The predicted molar refractivity (Wildman–Crippen MR) is 102 cm³/mol. The van der Waals surface area contributed by atoms with Crippen LogP contribution >= 0.6 is 0 Å². The monoisotopic (exact) mass is 365 g/mol. The zero-order valence-electron chi connectivity index (χ0n) is 15.6. The summed E-state index contributed by atoms with van der Waals surface area (Å²) in [6.07, 6.45) is 4.43. The minimum atomic E-state index is -0.139. The molecular weight excluding hydrogens is 342 g/mol. The van der Waals surface area contributed by atoms with Crippen LogP contribution in [0.5, 0.6) is 0 Å². The van der Waals surface area contributed by atoms with Crippen molar-refractivity contribution in [1.82, 2.24) is 24.6 Å². The molecule has 4 rings (SSSR count). The van der Waals surface area contributed by atoms with E-state index in [0.717, 1.165) is 17.8 Å². The summed E-state index contributed by atoms with van der Waals surface area (Å²) in [5.74, 6) is 0.125. The number of hydrogen-bond acceptors (Lipinski definition) is 4. The van der Waals surface area contributed by atoms with Gasteiger partial charge in [0.05, 0.1) is 29.1 Å². The van der Waals surface area contributed by atoms with Crippen LogP contribution < -0.4 is 5.56 Å². The molecule has 7 nitrogen and oxygen atoms in total. The van der Waals surface area contributed by atoms with Crippen molar-refractivity contribution in [3.63, 3.8) is 0 Å². The lowest BCUT2D eigenvalue weighted by molar-refractivity contribution is -0.134. The lowest BCUT2D eigenvalue weighted by Crippen LogP contribution is -2.35. The highest BCUT2D eigenvalue weighted by Gasteiger charge is 2.30. The highest BCUT2D eigenvalue weighted by molar-refractivity contribution is 5.79. The minimum Gasteiger partial charge on any atom is -0.342 e. The van der Waals surface area contributed by atoms with Gasteiger partial charge in [0.1, 0.15) is 0 Å². The Hall–Kier alpha value is -2.96. The molecule has 4 heterocycles. The second-order valence-corrected chi connectivity index (χ2v) is 7.34. The third kappa shape index (κ3) is 3.49. The highest BCUT2D eigenvalue weighted by Crippen LogP contribution is 2.27. The zero-order chi connectivity index (χ0) is 19.0. The van der Waals surface area contributed by atoms with E-state index in [1.54, 1.807) is 18.3 Å². The molecule has 27 heavy (non-hydrogen) atoms. The predicted octanol–water partition coefficient (Wildman–Crippen LogP) is 2.08. The molecule has 0 radical (unpaired) electrons. The molecule has 140 valence electrons. The maximum atomic E-state index is 12.8. The fraction of sp³-hybridized carbons (Fsp3) is 0.400. The van der Waals surface area contributed by atoms with Crippen LogP contribution in [0.4, 0.5) is 0 Å². The van der Waals surface area contributed by atoms with Gasteiger partial charge in [-0.3, -0.25) is 19.3 Å². The molecule has 1 fully saturated rings. The van der Waals surface area contributed by atoms with Crippen molar-refractivity contribution in [2.45, 2.75) is 32.7 Å². The van der Waals surface area contributed by atoms with Crippen LogP contribution in [0.3, 0.4) is 0 Å². The first-order valence-corrected chi connectivity index (χ1v) is 9.28. The van der Waals surface area contributed by atoms with Gasteiger partial charge in [-0.05, 0) is 37.6 Å². The average molecular weight is 365 g/mol. The number of nitrogens with zero attached hydrogens (tertiary/aromatic N) is 4. The van der Waals surface area contributed by atoms with Crippen molar-refractivity contribution in [3.8, 4) is 0 Å². The summed E-state index contributed by atoms with van der Waals surface area (Å²) in [4.78, 5) is 34.3. The summed E-state index contributed by atoms with van der Waals surface area (Å²) < 4.78 is 1.82. The van der Waals surface area contributed by atoms with E-state index in [-0.39, 0.29) is 23.3 Å². The lowest BCUT2D eigenvalue weighted by atomic mass is 10.0.